The Morgan fingerprint density at radius 2 is 2.27 bits per heavy atom. The number of nitrogens with two attached hydrogens (primary N) is 1. The number of halogens is 2. The van der Waals surface area contributed by atoms with Crippen LogP contribution in [0.25, 0.3) is 0 Å². The van der Waals surface area contributed by atoms with Crippen molar-refractivity contribution in [2.24, 2.45) is 5.73 Å². The van der Waals surface area contributed by atoms with Gasteiger partial charge in [-0.25, -0.2) is 14.2 Å². The number of esters is 1. The summed E-state index contributed by atoms with van der Waals surface area (Å²) >= 11 is 3.31. The molecule has 7 heteroatoms. The van der Waals surface area contributed by atoms with Gasteiger partial charge in [-0.15, -0.1) is 0 Å². The summed E-state index contributed by atoms with van der Waals surface area (Å²) in [6.45, 7) is 3.86. The van der Waals surface area contributed by atoms with Gasteiger partial charge in [-0.05, 0) is 32.0 Å². The van der Waals surface area contributed by atoms with Gasteiger partial charge >= 0.3 is 5.97 Å². The van der Waals surface area contributed by atoms with Gasteiger partial charge in [0.2, 0.25) is 5.82 Å². The molecular weight excluding hydrogens is 353 g/mol. The molecule has 0 radical (unpaired) electrons. The summed E-state index contributed by atoms with van der Waals surface area (Å²) in [4.78, 5) is 15.8. The standard InChI is InChI=1S/C15H17BrFN3O2/c1-3-22-14(21)13-19-6-7-20(13)9-15(2,18)11-8-10(16)4-5-12(11)17/h4-8H,3,9,18H2,1-2H3/t15-/m0/s1. The van der Waals surface area contributed by atoms with Crippen LogP contribution >= 0.6 is 15.9 Å². The zero-order chi connectivity index (χ0) is 16.3. The van der Waals surface area contributed by atoms with Crippen LogP contribution in [0.15, 0.2) is 35.1 Å². The van der Waals surface area contributed by atoms with Gasteiger partial charge in [-0.1, -0.05) is 15.9 Å². The average molecular weight is 370 g/mol. The van der Waals surface area contributed by atoms with Crippen LogP contribution < -0.4 is 5.73 Å². The van der Waals surface area contributed by atoms with Gasteiger partial charge in [-0.2, -0.15) is 0 Å². The SMILES string of the molecule is CCOC(=O)c1nccn1C[C@](C)(N)c1cc(Br)ccc1F. The van der Waals surface area contributed by atoms with Crippen molar-refractivity contribution in [3.05, 3.63) is 52.3 Å². The van der Waals surface area contributed by atoms with Crippen molar-refractivity contribution in [1.29, 1.82) is 0 Å². The molecule has 0 aliphatic rings. The second kappa shape index (κ2) is 6.58. The molecule has 2 rings (SSSR count). The number of imidazole rings is 1. The molecule has 0 bridgehead atoms. The van der Waals surface area contributed by atoms with Gasteiger partial charge < -0.3 is 15.0 Å². The monoisotopic (exact) mass is 369 g/mol. The molecule has 0 unspecified atom stereocenters. The van der Waals surface area contributed by atoms with Crippen LogP contribution in [-0.4, -0.2) is 22.1 Å². The number of carbonyl (C=O) groups is 1. The number of ether oxygens (including phenoxy) is 1. The summed E-state index contributed by atoms with van der Waals surface area (Å²) in [6, 6.07) is 4.59. The third-order valence-electron chi connectivity index (χ3n) is 3.22. The van der Waals surface area contributed by atoms with E-state index in [9.17, 15) is 9.18 Å². The molecule has 0 aliphatic heterocycles. The molecular formula is C15H17BrFN3O2. The molecule has 0 saturated heterocycles. The number of carbonyl (C=O) groups excluding carboxylic acids is 1. The van der Waals surface area contributed by atoms with Crippen molar-refractivity contribution in [3.8, 4) is 0 Å². The van der Waals surface area contributed by atoms with Crippen LogP contribution in [0, 0.1) is 5.82 Å². The van der Waals surface area contributed by atoms with E-state index in [2.05, 4.69) is 20.9 Å². The molecule has 118 valence electrons. The minimum atomic E-state index is -1.02. The van der Waals surface area contributed by atoms with Crippen LogP contribution in [0.3, 0.4) is 0 Å². The second-order valence-corrected chi connectivity index (χ2v) is 6.06. The zero-order valence-corrected chi connectivity index (χ0v) is 13.9. The number of nitrogens with zero attached hydrogens (tertiary/aromatic N) is 2. The first-order chi connectivity index (χ1) is 10.3. The molecule has 1 atom stereocenters. The summed E-state index contributed by atoms with van der Waals surface area (Å²) in [5, 5.41) is 0. The molecule has 1 aromatic carbocycles. The fraction of sp³-hybridized carbons (Fsp3) is 0.333. The summed E-state index contributed by atoms with van der Waals surface area (Å²) in [5.74, 6) is -0.780. The van der Waals surface area contributed by atoms with Crippen LogP contribution in [0.4, 0.5) is 4.39 Å². The normalized spacial score (nSPS) is 13.7. The third kappa shape index (κ3) is 3.53. The number of hydrogen-bond donors (Lipinski definition) is 1. The highest BCUT2D eigenvalue weighted by Gasteiger charge is 2.28. The molecule has 1 heterocycles. The van der Waals surface area contributed by atoms with Crippen LogP contribution in [0.2, 0.25) is 0 Å². The Balaban J connectivity index is 2.31. The maximum atomic E-state index is 14.1. The van der Waals surface area contributed by atoms with Crippen molar-refractivity contribution in [2.75, 3.05) is 6.61 Å². The van der Waals surface area contributed by atoms with Crippen molar-refractivity contribution in [3.63, 3.8) is 0 Å². The summed E-state index contributed by atoms with van der Waals surface area (Å²) in [7, 11) is 0. The van der Waals surface area contributed by atoms with Gasteiger partial charge in [0, 0.05) is 29.0 Å². The summed E-state index contributed by atoms with van der Waals surface area (Å²) in [5.41, 5.74) is 5.61. The first-order valence-corrected chi connectivity index (χ1v) is 7.57. The average Bonchev–Trinajstić information content (AvgIpc) is 2.89. The van der Waals surface area contributed by atoms with E-state index in [0.717, 1.165) is 4.47 Å². The largest absolute Gasteiger partial charge is 0.460 e. The maximum Gasteiger partial charge on any atom is 0.374 e. The minimum Gasteiger partial charge on any atom is -0.460 e. The Bertz CT molecular complexity index is 685. The fourth-order valence-corrected chi connectivity index (χ4v) is 2.56. The predicted molar refractivity (Wildman–Crippen MR) is 83.8 cm³/mol. The Labute approximate surface area is 136 Å². The Morgan fingerprint density at radius 1 is 1.55 bits per heavy atom. The molecule has 0 saturated carbocycles. The fourth-order valence-electron chi connectivity index (χ4n) is 2.20. The molecule has 0 fully saturated rings. The van der Waals surface area contributed by atoms with E-state index >= 15 is 0 Å². The van der Waals surface area contributed by atoms with Crippen molar-refractivity contribution in [1.82, 2.24) is 9.55 Å². The van der Waals surface area contributed by atoms with Crippen molar-refractivity contribution < 1.29 is 13.9 Å². The van der Waals surface area contributed by atoms with E-state index in [1.54, 1.807) is 36.7 Å². The lowest BCUT2D eigenvalue weighted by molar-refractivity contribution is 0.0505. The quantitative estimate of drug-likeness (QED) is 0.822. The highest BCUT2D eigenvalue weighted by atomic mass is 79.9. The van der Waals surface area contributed by atoms with E-state index in [4.69, 9.17) is 10.5 Å². The van der Waals surface area contributed by atoms with E-state index in [0.29, 0.717) is 5.56 Å². The predicted octanol–water partition coefficient (Wildman–Crippen LogP) is 2.84. The van der Waals surface area contributed by atoms with Crippen LogP contribution in [0.1, 0.15) is 30.0 Å². The summed E-state index contributed by atoms with van der Waals surface area (Å²) < 4.78 is 21.3. The highest BCUT2D eigenvalue weighted by Crippen LogP contribution is 2.26. The number of aromatic nitrogens is 2. The number of hydrogen-bond acceptors (Lipinski definition) is 4. The van der Waals surface area contributed by atoms with Gasteiger partial charge in [0.15, 0.2) is 0 Å². The second-order valence-electron chi connectivity index (χ2n) is 5.14. The van der Waals surface area contributed by atoms with Crippen LogP contribution in [-0.2, 0) is 16.8 Å². The zero-order valence-electron chi connectivity index (χ0n) is 12.3. The smallest absolute Gasteiger partial charge is 0.374 e. The molecule has 22 heavy (non-hydrogen) atoms. The lowest BCUT2D eigenvalue weighted by Gasteiger charge is -2.27. The minimum absolute atomic E-state index is 0.147. The molecule has 2 N–H and O–H groups in total. The molecule has 0 aliphatic carbocycles. The lowest BCUT2D eigenvalue weighted by atomic mass is 9.92. The number of rotatable bonds is 5. The Morgan fingerprint density at radius 3 is 2.95 bits per heavy atom. The van der Waals surface area contributed by atoms with Gasteiger partial charge in [-0.3, -0.25) is 0 Å². The van der Waals surface area contributed by atoms with E-state index in [1.165, 1.54) is 12.3 Å². The van der Waals surface area contributed by atoms with Gasteiger partial charge in [0.05, 0.1) is 12.1 Å². The van der Waals surface area contributed by atoms with E-state index in [1.807, 2.05) is 0 Å². The topological polar surface area (TPSA) is 70.1 Å². The number of benzene rings is 1. The van der Waals surface area contributed by atoms with Crippen LogP contribution in [0.5, 0.6) is 0 Å². The van der Waals surface area contributed by atoms with Gasteiger partial charge in [0.1, 0.15) is 5.82 Å². The summed E-state index contributed by atoms with van der Waals surface area (Å²) in [6.07, 6.45) is 3.10. The molecule has 0 amide bonds. The first kappa shape index (κ1) is 16.6. The Hall–Kier alpha value is -1.73. The molecule has 2 aromatic rings. The Kier molecular flexibility index (Phi) is 4.97. The van der Waals surface area contributed by atoms with Crippen molar-refractivity contribution in [2.45, 2.75) is 25.9 Å². The third-order valence-corrected chi connectivity index (χ3v) is 3.71. The van der Waals surface area contributed by atoms with Gasteiger partial charge in [0.25, 0.3) is 0 Å². The first-order valence-electron chi connectivity index (χ1n) is 6.78. The molecule has 1 aromatic heterocycles. The highest BCUT2D eigenvalue weighted by molar-refractivity contribution is 9.10. The van der Waals surface area contributed by atoms with Crippen molar-refractivity contribution >= 4 is 21.9 Å². The van der Waals surface area contributed by atoms with E-state index < -0.39 is 17.3 Å². The maximum absolute atomic E-state index is 14.1. The molecule has 0 spiro atoms. The molecule has 5 nitrogen and oxygen atoms in total. The van der Waals surface area contributed by atoms with E-state index in [-0.39, 0.29) is 19.0 Å². The lowest BCUT2D eigenvalue weighted by Crippen LogP contribution is -2.39.